The Labute approximate surface area is 108 Å². The Morgan fingerprint density at radius 1 is 1.22 bits per heavy atom. The first-order valence-corrected chi connectivity index (χ1v) is 6.49. The number of aromatic nitrogens is 1. The smallest absolute Gasteiger partial charge is 0.129 e. The molecule has 0 aliphatic rings. The largest absolute Gasteiger partial charge is 0.462 e. The van der Waals surface area contributed by atoms with Gasteiger partial charge in [-0.05, 0) is 30.3 Å². The summed E-state index contributed by atoms with van der Waals surface area (Å²) in [5.74, 6) is 1.40. The lowest BCUT2D eigenvalue weighted by molar-refractivity contribution is 0.244. The molecule has 0 saturated carbocycles. The summed E-state index contributed by atoms with van der Waals surface area (Å²) < 4.78 is 6.57. The van der Waals surface area contributed by atoms with Gasteiger partial charge in [-0.15, -0.1) is 11.3 Å². The van der Waals surface area contributed by atoms with E-state index in [0.29, 0.717) is 12.3 Å². The summed E-state index contributed by atoms with van der Waals surface area (Å²) in [7, 11) is 0. The van der Waals surface area contributed by atoms with Crippen molar-refractivity contribution in [2.75, 3.05) is 5.32 Å². The van der Waals surface area contributed by atoms with E-state index in [1.54, 1.807) is 17.4 Å². The molecule has 1 aromatic carbocycles. The van der Waals surface area contributed by atoms with Gasteiger partial charge in [-0.25, -0.2) is 4.98 Å². The van der Waals surface area contributed by atoms with Gasteiger partial charge in [0.05, 0.1) is 22.3 Å². The Hall–Kier alpha value is -1.85. The van der Waals surface area contributed by atoms with Gasteiger partial charge in [0, 0.05) is 5.69 Å². The number of fused-ring (bicyclic) bond motifs is 1. The van der Waals surface area contributed by atoms with E-state index >= 15 is 0 Å². The predicted octanol–water partition coefficient (Wildman–Crippen LogP) is 2.99. The number of hydrogen-bond donors (Lipinski definition) is 2. The topological polar surface area (TPSA) is 58.3 Å². The lowest BCUT2D eigenvalue weighted by atomic mass is 10.3. The number of benzene rings is 1. The summed E-state index contributed by atoms with van der Waals surface area (Å²) >= 11 is 1.62. The molecule has 92 valence electrons. The maximum absolute atomic E-state index is 8.91. The maximum Gasteiger partial charge on any atom is 0.129 e. The molecule has 2 N–H and O–H groups in total. The molecule has 4 nitrogen and oxygen atoms in total. The molecule has 0 aliphatic heterocycles. The number of thiazole rings is 1. The highest BCUT2D eigenvalue weighted by Crippen LogP contribution is 2.22. The first-order chi connectivity index (χ1) is 8.85. The number of nitrogens with zero attached hydrogens (tertiary/aromatic N) is 1. The number of furan rings is 1. The Morgan fingerprint density at radius 2 is 2.11 bits per heavy atom. The summed E-state index contributed by atoms with van der Waals surface area (Å²) in [6, 6.07) is 9.71. The van der Waals surface area contributed by atoms with Crippen molar-refractivity contribution in [1.29, 1.82) is 0 Å². The third kappa shape index (κ3) is 2.23. The van der Waals surface area contributed by atoms with E-state index in [-0.39, 0.29) is 6.61 Å². The molecule has 3 rings (SSSR count). The number of nitrogens with one attached hydrogen (secondary N) is 1. The zero-order valence-corrected chi connectivity index (χ0v) is 10.4. The van der Waals surface area contributed by atoms with Crippen LogP contribution in [0.5, 0.6) is 0 Å². The van der Waals surface area contributed by atoms with Gasteiger partial charge < -0.3 is 14.8 Å². The lowest BCUT2D eigenvalue weighted by Crippen LogP contribution is -1.97. The van der Waals surface area contributed by atoms with Crippen LogP contribution in [0.4, 0.5) is 5.69 Å². The third-order valence-electron chi connectivity index (χ3n) is 2.67. The number of aliphatic hydroxyl groups is 1. The van der Waals surface area contributed by atoms with Crippen LogP contribution in [0.2, 0.25) is 0 Å². The molecule has 18 heavy (non-hydrogen) atoms. The Balaban J connectivity index is 1.72. The van der Waals surface area contributed by atoms with Crippen molar-refractivity contribution in [3.8, 4) is 0 Å². The fourth-order valence-electron chi connectivity index (χ4n) is 1.76. The first-order valence-electron chi connectivity index (χ1n) is 5.61. The molecule has 0 atom stereocenters. The molecule has 0 aliphatic carbocycles. The zero-order valence-electron chi connectivity index (χ0n) is 9.59. The van der Waals surface area contributed by atoms with Crippen LogP contribution in [0.25, 0.3) is 10.2 Å². The highest BCUT2D eigenvalue weighted by Gasteiger charge is 2.02. The number of hydrogen-bond acceptors (Lipinski definition) is 5. The third-order valence-corrected chi connectivity index (χ3v) is 3.46. The molecule has 0 fully saturated rings. The lowest BCUT2D eigenvalue weighted by Gasteiger charge is -2.04. The molecule has 3 aromatic rings. The highest BCUT2D eigenvalue weighted by molar-refractivity contribution is 7.16. The molecular weight excluding hydrogens is 248 g/mol. The molecule has 0 radical (unpaired) electrons. The van der Waals surface area contributed by atoms with Crippen LogP contribution in [-0.2, 0) is 13.2 Å². The second-order valence-electron chi connectivity index (χ2n) is 3.91. The van der Waals surface area contributed by atoms with Gasteiger partial charge in [0.1, 0.15) is 18.1 Å². The zero-order chi connectivity index (χ0) is 12.4. The van der Waals surface area contributed by atoms with E-state index in [1.807, 2.05) is 23.7 Å². The van der Waals surface area contributed by atoms with Crippen LogP contribution in [-0.4, -0.2) is 10.1 Å². The van der Waals surface area contributed by atoms with Crippen LogP contribution in [0.1, 0.15) is 11.5 Å². The fraction of sp³-hybridized carbons (Fsp3) is 0.154. The van der Waals surface area contributed by atoms with Gasteiger partial charge >= 0.3 is 0 Å². The van der Waals surface area contributed by atoms with Crippen LogP contribution in [0.15, 0.2) is 40.3 Å². The summed E-state index contributed by atoms with van der Waals surface area (Å²) in [5.41, 5.74) is 3.90. The molecule has 2 aromatic heterocycles. The average molecular weight is 260 g/mol. The molecule has 0 amide bonds. The maximum atomic E-state index is 8.91. The number of aliphatic hydroxyl groups excluding tert-OH is 1. The minimum Gasteiger partial charge on any atom is -0.462 e. The van der Waals surface area contributed by atoms with E-state index in [0.717, 1.165) is 21.7 Å². The van der Waals surface area contributed by atoms with E-state index in [4.69, 9.17) is 9.52 Å². The fourth-order valence-corrected chi connectivity index (χ4v) is 2.47. The monoisotopic (exact) mass is 260 g/mol. The number of anilines is 1. The Bertz CT molecular complexity index is 660. The predicted molar refractivity (Wildman–Crippen MR) is 71.6 cm³/mol. The SMILES string of the molecule is OCc1ccc(CNc2ccc3ncsc3c2)o1. The van der Waals surface area contributed by atoms with Crippen molar-refractivity contribution in [3.63, 3.8) is 0 Å². The van der Waals surface area contributed by atoms with Gasteiger partial charge in [0.2, 0.25) is 0 Å². The molecule has 0 unspecified atom stereocenters. The summed E-state index contributed by atoms with van der Waals surface area (Å²) in [6.07, 6.45) is 0. The van der Waals surface area contributed by atoms with Gasteiger partial charge in [-0.1, -0.05) is 0 Å². The summed E-state index contributed by atoms with van der Waals surface area (Å²) in [6.45, 7) is 0.539. The highest BCUT2D eigenvalue weighted by atomic mass is 32.1. The molecule has 2 heterocycles. The minimum atomic E-state index is -0.0627. The quantitative estimate of drug-likeness (QED) is 0.757. The van der Waals surface area contributed by atoms with Crippen LogP contribution < -0.4 is 5.32 Å². The van der Waals surface area contributed by atoms with Crippen LogP contribution >= 0.6 is 11.3 Å². The van der Waals surface area contributed by atoms with Crippen LogP contribution in [0.3, 0.4) is 0 Å². The van der Waals surface area contributed by atoms with Gasteiger partial charge in [0.25, 0.3) is 0 Å². The van der Waals surface area contributed by atoms with E-state index in [1.165, 1.54) is 0 Å². The Kier molecular flexibility index (Phi) is 3.00. The molecular formula is C13H12N2O2S. The van der Waals surface area contributed by atoms with Gasteiger partial charge in [-0.2, -0.15) is 0 Å². The standard InChI is InChI=1S/C13H12N2O2S/c16-7-11-3-2-10(17-11)6-14-9-1-4-12-13(5-9)18-8-15-12/h1-5,8,14,16H,6-7H2. The number of rotatable bonds is 4. The van der Waals surface area contributed by atoms with E-state index in [2.05, 4.69) is 16.4 Å². The second kappa shape index (κ2) is 4.80. The van der Waals surface area contributed by atoms with Crippen LogP contribution in [0, 0.1) is 0 Å². The Morgan fingerprint density at radius 3 is 2.94 bits per heavy atom. The molecule has 5 heteroatoms. The van der Waals surface area contributed by atoms with Crippen molar-refractivity contribution in [3.05, 3.63) is 47.4 Å². The van der Waals surface area contributed by atoms with Gasteiger partial charge in [-0.3, -0.25) is 0 Å². The minimum absolute atomic E-state index is 0.0627. The van der Waals surface area contributed by atoms with E-state index in [9.17, 15) is 0 Å². The van der Waals surface area contributed by atoms with E-state index < -0.39 is 0 Å². The van der Waals surface area contributed by atoms with Crippen molar-refractivity contribution < 1.29 is 9.52 Å². The molecule has 0 bridgehead atoms. The van der Waals surface area contributed by atoms with Crippen molar-refractivity contribution in [2.24, 2.45) is 0 Å². The van der Waals surface area contributed by atoms with Crippen molar-refractivity contribution in [1.82, 2.24) is 4.98 Å². The molecule has 0 saturated heterocycles. The van der Waals surface area contributed by atoms with Gasteiger partial charge in [0.15, 0.2) is 0 Å². The van der Waals surface area contributed by atoms with Crippen molar-refractivity contribution in [2.45, 2.75) is 13.2 Å². The summed E-state index contributed by atoms with van der Waals surface area (Å²) in [4.78, 5) is 4.24. The molecule has 0 spiro atoms. The van der Waals surface area contributed by atoms with Crippen molar-refractivity contribution >= 4 is 27.2 Å². The second-order valence-corrected chi connectivity index (χ2v) is 4.80. The summed E-state index contributed by atoms with van der Waals surface area (Å²) in [5, 5.41) is 12.2. The first kappa shape index (κ1) is 11.3. The average Bonchev–Trinajstić information content (AvgIpc) is 3.04. The normalized spacial score (nSPS) is 10.9.